The van der Waals surface area contributed by atoms with Crippen molar-refractivity contribution in [2.45, 2.75) is 76.5 Å². The summed E-state index contributed by atoms with van der Waals surface area (Å²) in [7, 11) is -3.84. The molecule has 2 N–H and O–H groups in total. The minimum Gasteiger partial charge on any atom is -0.411 e. The molecule has 6 nitrogen and oxygen atoms in total. The van der Waals surface area contributed by atoms with Gasteiger partial charge in [0.1, 0.15) is 11.4 Å². The number of benzene rings is 2. The van der Waals surface area contributed by atoms with Gasteiger partial charge in [-0.1, -0.05) is 105 Å². The van der Waals surface area contributed by atoms with E-state index >= 15 is 0 Å². The molecule has 0 bridgehead atoms. The predicted octanol–water partition coefficient (Wildman–Crippen LogP) is 6.04. The van der Waals surface area contributed by atoms with E-state index in [1.807, 2.05) is 37.3 Å². The Morgan fingerprint density at radius 3 is 2.06 bits per heavy atom. The summed E-state index contributed by atoms with van der Waals surface area (Å²) in [5.74, 6) is 0. The number of sulfonamides is 1. The molecule has 0 atom stereocenters. The third kappa shape index (κ3) is 8.46. The topological polar surface area (TPSA) is 91.1 Å². The van der Waals surface area contributed by atoms with E-state index in [2.05, 4.69) is 22.0 Å². The maximum atomic E-state index is 12.7. The second kappa shape index (κ2) is 13.7. The van der Waals surface area contributed by atoms with Gasteiger partial charge in [0.25, 0.3) is 10.0 Å². The molecule has 0 amide bonds. The molecule has 2 aromatic carbocycles. The molecular weight excluding hydrogens is 422 g/mol. The van der Waals surface area contributed by atoms with Crippen LogP contribution < -0.4 is 4.83 Å². The minimum atomic E-state index is -3.84. The molecule has 0 saturated heterocycles. The van der Waals surface area contributed by atoms with Crippen molar-refractivity contribution in [1.82, 2.24) is 4.83 Å². The fourth-order valence-corrected chi connectivity index (χ4v) is 4.22. The highest BCUT2D eigenvalue weighted by Gasteiger charge is 2.17. The maximum absolute atomic E-state index is 12.7. The number of rotatable bonds is 14. The summed E-state index contributed by atoms with van der Waals surface area (Å²) in [6.07, 6.45) is 9.82. The summed E-state index contributed by atoms with van der Waals surface area (Å²) in [5.41, 5.74) is 2.35. The highest BCUT2D eigenvalue weighted by atomic mass is 32.2. The molecule has 0 radical (unpaired) electrons. The first-order chi connectivity index (χ1) is 15.5. The van der Waals surface area contributed by atoms with Crippen LogP contribution in [0.25, 0.3) is 0 Å². The molecular formula is C25H35N3O3S. The van der Waals surface area contributed by atoms with Crippen LogP contribution in [-0.2, 0) is 10.0 Å². The summed E-state index contributed by atoms with van der Waals surface area (Å²) < 4.78 is 25.4. The molecule has 0 saturated carbocycles. The average Bonchev–Trinajstić information content (AvgIpc) is 2.80. The predicted molar refractivity (Wildman–Crippen MR) is 131 cm³/mol. The van der Waals surface area contributed by atoms with Crippen molar-refractivity contribution >= 4 is 21.4 Å². The molecule has 0 unspecified atom stereocenters. The summed E-state index contributed by atoms with van der Waals surface area (Å²) >= 11 is 0. The van der Waals surface area contributed by atoms with Crippen molar-refractivity contribution in [2.75, 3.05) is 0 Å². The van der Waals surface area contributed by atoms with E-state index in [9.17, 15) is 13.6 Å². The van der Waals surface area contributed by atoms with Crippen molar-refractivity contribution in [3.63, 3.8) is 0 Å². The monoisotopic (exact) mass is 457 g/mol. The Labute approximate surface area is 192 Å². The molecule has 2 rings (SSSR count). The zero-order chi connectivity index (χ0) is 23.2. The quantitative estimate of drug-likeness (QED) is 0.157. The smallest absolute Gasteiger partial charge is 0.276 e. The van der Waals surface area contributed by atoms with Crippen LogP contribution >= 0.6 is 0 Å². The second-order valence-corrected chi connectivity index (χ2v) is 9.67. The Kier molecular flexibility index (Phi) is 10.9. The zero-order valence-electron chi connectivity index (χ0n) is 19.1. The number of unbranched alkanes of at least 4 members (excludes halogenated alkanes) is 7. The lowest BCUT2D eigenvalue weighted by molar-refractivity contribution is 0.318. The van der Waals surface area contributed by atoms with Crippen LogP contribution in [0.3, 0.4) is 0 Å². The van der Waals surface area contributed by atoms with Gasteiger partial charge in [0, 0.05) is 5.56 Å². The van der Waals surface area contributed by atoms with Gasteiger partial charge in [-0.25, -0.2) is 0 Å². The second-order valence-electron chi connectivity index (χ2n) is 8.01. The molecule has 32 heavy (non-hydrogen) atoms. The third-order valence-electron chi connectivity index (χ3n) is 5.32. The largest absolute Gasteiger partial charge is 0.411 e. The van der Waals surface area contributed by atoms with Crippen LogP contribution in [0.4, 0.5) is 0 Å². The molecule has 2 aromatic rings. The summed E-state index contributed by atoms with van der Waals surface area (Å²) in [5, 5.41) is 17.3. The molecule has 0 aromatic heterocycles. The maximum Gasteiger partial charge on any atom is 0.276 e. The standard InChI is InChI=1S/C25H35N3O3S/c1-3-4-5-6-7-8-9-13-16-24(27-29)25(22-14-11-10-12-15-22)26-28-32(30,31)23-19-17-21(2)18-20-23/h10-12,14-15,17-20,28-29H,3-9,13,16H2,1-2H3. The van der Waals surface area contributed by atoms with Crippen LogP contribution in [0, 0.1) is 6.92 Å². The number of hydrogen-bond donors (Lipinski definition) is 2. The van der Waals surface area contributed by atoms with Gasteiger partial charge in [0.15, 0.2) is 0 Å². The zero-order valence-corrected chi connectivity index (χ0v) is 19.9. The third-order valence-corrected chi connectivity index (χ3v) is 6.54. The highest BCUT2D eigenvalue weighted by molar-refractivity contribution is 7.89. The van der Waals surface area contributed by atoms with Crippen molar-refractivity contribution in [1.29, 1.82) is 0 Å². The van der Waals surface area contributed by atoms with E-state index in [1.165, 1.54) is 44.2 Å². The number of nitrogens with one attached hydrogen (secondary N) is 1. The van der Waals surface area contributed by atoms with Crippen molar-refractivity contribution in [3.05, 3.63) is 65.7 Å². The van der Waals surface area contributed by atoms with E-state index < -0.39 is 10.0 Å². The lowest BCUT2D eigenvalue weighted by Gasteiger charge is -2.11. The van der Waals surface area contributed by atoms with E-state index in [0.29, 0.717) is 23.4 Å². The normalized spacial score (nSPS) is 12.7. The molecule has 174 valence electrons. The van der Waals surface area contributed by atoms with E-state index in [1.54, 1.807) is 12.1 Å². The summed E-state index contributed by atoms with van der Waals surface area (Å²) in [4.78, 5) is 2.44. The van der Waals surface area contributed by atoms with Crippen molar-refractivity contribution in [3.8, 4) is 0 Å². The number of nitrogens with zero attached hydrogens (tertiary/aromatic N) is 2. The number of oxime groups is 1. The number of hydrazone groups is 1. The average molecular weight is 458 g/mol. The van der Waals surface area contributed by atoms with E-state index in [4.69, 9.17) is 0 Å². The highest BCUT2D eigenvalue weighted by Crippen LogP contribution is 2.14. The first-order valence-electron chi connectivity index (χ1n) is 11.4. The summed E-state index contributed by atoms with van der Waals surface area (Å²) in [6, 6.07) is 15.7. The van der Waals surface area contributed by atoms with Gasteiger partial charge >= 0.3 is 0 Å². The summed E-state index contributed by atoms with van der Waals surface area (Å²) in [6.45, 7) is 4.10. The lowest BCUT2D eigenvalue weighted by Crippen LogP contribution is -2.24. The van der Waals surface area contributed by atoms with Crippen LogP contribution in [0.1, 0.15) is 75.8 Å². The van der Waals surface area contributed by atoms with Crippen molar-refractivity contribution in [2.24, 2.45) is 10.3 Å². The first-order valence-corrected chi connectivity index (χ1v) is 12.9. The van der Waals surface area contributed by atoms with E-state index in [0.717, 1.165) is 24.8 Å². The van der Waals surface area contributed by atoms with Crippen LogP contribution in [0.5, 0.6) is 0 Å². The van der Waals surface area contributed by atoms with Gasteiger partial charge in [-0.2, -0.15) is 18.4 Å². The molecule has 0 aliphatic rings. The van der Waals surface area contributed by atoms with Gasteiger partial charge in [-0.05, 0) is 31.9 Å². The van der Waals surface area contributed by atoms with Gasteiger partial charge in [0.2, 0.25) is 0 Å². The Hall–Kier alpha value is -2.67. The van der Waals surface area contributed by atoms with Crippen molar-refractivity contribution < 1.29 is 13.6 Å². The lowest BCUT2D eigenvalue weighted by atomic mass is 10.0. The molecule has 0 aliphatic heterocycles. The Morgan fingerprint density at radius 2 is 1.47 bits per heavy atom. The Bertz CT molecular complexity index is 969. The van der Waals surface area contributed by atoms with Gasteiger partial charge in [-0.15, -0.1) is 0 Å². The molecule has 0 fully saturated rings. The molecule has 0 heterocycles. The fraction of sp³-hybridized carbons (Fsp3) is 0.440. The molecule has 0 aliphatic carbocycles. The Morgan fingerprint density at radius 1 is 0.875 bits per heavy atom. The number of aryl methyl sites for hydroxylation is 1. The van der Waals surface area contributed by atoms with Gasteiger partial charge in [-0.3, -0.25) is 0 Å². The van der Waals surface area contributed by atoms with Gasteiger partial charge in [0.05, 0.1) is 4.90 Å². The SMILES string of the molecule is CCCCCCCCCCC(=NO)C(=NNS(=O)(=O)c1ccc(C)cc1)c1ccccc1. The Balaban J connectivity index is 2.08. The molecule has 7 heteroatoms. The van der Waals surface area contributed by atoms with Crippen LogP contribution in [-0.4, -0.2) is 25.0 Å². The van der Waals surface area contributed by atoms with Gasteiger partial charge < -0.3 is 5.21 Å². The fourth-order valence-electron chi connectivity index (χ4n) is 3.41. The van der Waals surface area contributed by atoms with Crippen LogP contribution in [0.15, 0.2) is 69.7 Å². The van der Waals surface area contributed by atoms with Crippen LogP contribution in [0.2, 0.25) is 0 Å². The molecule has 0 spiro atoms. The minimum absolute atomic E-state index is 0.129. The number of hydrogen-bond acceptors (Lipinski definition) is 5. The first kappa shape index (κ1) is 25.6. The van der Waals surface area contributed by atoms with E-state index in [-0.39, 0.29) is 4.90 Å².